The monoisotopic (exact) mass is 563 g/mol. The summed E-state index contributed by atoms with van der Waals surface area (Å²) in [4.78, 5) is 16.0. The number of likely N-dealkylation sites (N-methyl/N-ethyl adjacent to an activating group) is 1. The highest BCUT2D eigenvalue weighted by molar-refractivity contribution is 9.10. The quantitative estimate of drug-likeness (QED) is 0.229. The molecule has 0 saturated heterocycles. The molecule has 4 aromatic rings. The fourth-order valence-electron chi connectivity index (χ4n) is 4.54. The molecule has 0 saturated carbocycles. The molecule has 3 aromatic carbocycles. The van der Waals surface area contributed by atoms with Gasteiger partial charge in [-0.1, -0.05) is 70.0 Å². The van der Waals surface area contributed by atoms with Gasteiger partial charge in [-0.25, -0.2) is 0 Å². The molecule has 0 bridgehead atoms. The highest BCUT2D eigenvalue weighted by atomic mass is 79.9. The summed E-state index contributed by atoms with van der Waals surface area (Å²) >= 11 is 9.80. The third-order valence-corrected chi connectivity index (χ3v) is 7.36. The topological polar surface area (TPSA) is 37.3 Å². The van der Waals surface area contributed by atoms with E-state index in [2.05, 4.69) is 76.5 Å². The molecule has 6 heteroatoms. The SMILES string of the molecule is CCN(CCNC(=O)c1c(-c2ccc(Cl)cc2)c(C)cn1Cc1ccccc1Br)c1cccc(C)c1. The number of nitrogens with zero attached hydrogens (tertiary/aromatic N) is 2. The zero-order chi connectivity index (χ0) is 25.7. The molecule has 0 aliphatic carbocycles. The summed E-state index contributed by atoms with van der Waals surface area (Å²) in [7, 11) is 0. The van der Waals surface area contributed by atoms with Crippen LogP contribution < -0.4 is 10.2 Å². The van der Waals surface area contributed by atoms with Gasteiger partial charge in [-0.2, -0.15) is 0 Å². The molecule has 1 amide bonds. The van der Waals surface area contributed by atoms with Crippen LogP contribution in [0.2, 0.25) is 5.02 Å². The standard InChI is InChI=1S/C30H31BrClN3O/c1-4-34(26-10-7-8-21(2)18-26)17-16-33-30(36)29-28(23-12-14-25(32)15-13-23)22(3)19-35(29)20-24-9-5-6-11-27(24)31/h5-15,18-19H,4,16-17,20H2,1-3H3,(H,33,36). The maximum Gasteiger partial charge on any atom is 0.268 e. The Kier molecular flexibility index (Phi) is 8.55. The van der Waals surface area contributed by atoms with Crippen LogP contribution in [-0.4, -0.2) is 30.1 Å². The van der Waals surface area contributed by atoms with Gasteiger partial charge < -0.3 is 14.8 Å². The molecule has 1 heterocycles. The summed E-state index contributed by atoms with van der Waals surface area (Å²) < 4.78 is 3.07. The number of halogens is 2. The number of hydrogen-bond donors (Lipinski definition) is 1. The molecule has 0 aliphatic heterocycles. The van der Waals surface area contributed by atoms with Gasteiger partial charge in [-0.15, -0.1) is 0 Å². The molecule has 0 spiro atoms. The summed E-state index contributed by atoms with van der Waals surface area (Å²) in [5.74, 6) is -0.0830. The number of anilines is 1. The normalized spacial score (nSPS) is 10.9. The largest absolute Gasteiger partial charge is 0.370 e. The average molecular weight is 565 g/mol. The third-order valence-electron chi connectivity index (χ3n) is 6.33. The molecule has 0 fully saturated rings. The van der Waals surface area contributed by atoms with Crippen molar-refractivity contribution in [2.24, 2.45) is 0 Å². The van der Waals surface area contributed by atoms with Crippen molar-refractivity contribution in [2.75, 3.05) is 24.5 Å². The van der Waals surface area contributed by atoms with Gasteiger partial charge in [0.15, 0.2) is 0 Å². The second-order valence-electron chi connectivity index (χ2n) is 8.94. The number of nitrogens with one attached hydrogen (secondary N) is 1. The minimum Gasteiger partial charge on any atom is -0.370 e. The summed E-state index contributed by atoms with van der Waals surface area (Å²) in [5, 5.41) is 3.86. The van der Waals surface area contributed by atoms with Crippen LogP contribution in [0, 0.1) is 13.8 Å². The van der Waals surface area contributed by atoms with Gasteiger partial charge in [-0.05, 0) is 73.4 Å². The highest BCUT2D eigenvalue weighted by Crippen LogP contribution is 2.31. The van der Waals surface area contributed by atoms with Crippen LogP contribution in [-0.2, 0) is 6.54 Å². The Morgan fingerprint density at radius 2 is 1.78 bits per heavy atom. The first-order valence-corrected chi connectivity index (χ1v) is 13.3. The molecule has 4 nitrogen and oxygen atoms in total. The zero-order valence-corrected chi connectivity index (χ0v) is 23.2. The molecule has 4 rings (SSSR count). The Bertz CT molecular complexity index is 1350. The third kappa shape index (κ3) is 6.03. The van der Waals surface area contributed by atoms with Crippen LogP contribution in [0.3, 0.4) is 0 Å². The van der Waals surface area contributed by atoms with Crippen molar-refractivity contribution in [3.8, 4) is 11.1 Å². The van der Waals surface area contributed by atoms with E-state index < -0.39 is 0 Å². The molecule has 186 valence electrons. The molecule has 1 N–H and O–H groups in total. The number of carbonyl (C=O) groups is 1. The highest BCUT2D eigenvalue weighted by Gasteiger charge is 2.22. The van der Waals surface area contributed by atoms with E-state index in [1.54, 1.807) is 0 Å². The van der Waals surface area contributed by atoms with Crippen molar-refractivity contribution in [3.05, 3.63) is 111 Å². The summed E-state index contributed by atoms with van der Waals surface area (Å²) in [6, 6.07) is 24.2. The lowest BCUT2D eigenvalue weighted by atomic mass is 10.0. The summed E-state index contributed by atoms with van der Waals surface area (Å²) in [6.07, 6.45) is 2.06. The van der Waals surface area contributed by atoms with Crippen molar-refractivity contribution in [3.63, 3.8) is 0 Å². The first kappa shape index (κ1) is 26.1. The van der Waals surface area contributed by atoms with E-state index in [0.29, 0.717) is 23.8 Å². The molecule has 1 aromatic heterocycles. The van der Waals surface area contributed by atoms with E-state index in [1.165, 1.54) is 11.3 Å². The van der Waals surface area contributed by atoms with E-state index in [0.717, 1.165) is 39.8 Å². The number of hydrogen-bond acceptors (Lipinski definition) is 2. The van der Waals surface area contributed by atoms with Crippen LogP contribution >= 0.6 is 27.5 Å². The number of carbonyl (C=O) groups excluding carboxylic acids is 1. The summed E-state index contributed by atoms with van der Waals surface area (Å²) in [6.45, 7) is 9.00. The number of benzene rings is 3. The lowest BCUT2D eigenvalue weighted by Gasteiger charge is -2.24. The minimum atomic E-state index is -0.0830. The van der Waals surface area contributed by atoms with Crippen LogP contribution in [0.15, 0.2) is 83.5 Å². The Hall–Kier alpha value is -3.02. The van der Waals surface area contributed by atoms with Crippen molar-refractivity contribution in [1.82, 2.24) is 9.88 Å². The van der Waals surface area contributed by atoms with Crippen LogP contribution in [0.25, 0.3) is 11.1 Å². The Morgan fingerprint density at radius 1 is 1.03 bits per heavy atom. The average Bonchev–Trinajstić information content (AvgIpc) is 3.19. The van der Waals surface area contributed by atoms with Gasteiger partial charge in [0, 0.05) is 53.1 Å². The fourth-order valence-corrected chi connectivity index (χ4v) is 5.07. The van der Waals surface area contributed by atoms with Gasteiger partial charge in [0.2, 0.25) is 0 Å². The van der Waals surface area contributed by atoms with Crippen molar-refractivity contribution in [2.45, 2.75) is 27.3 Å². The second-order valence-corrected chi connectivity index (χ2v) is 10.2. The van der Waals surface area contributed by atoms with Gasteiger partial charge in [0.1, 0.15) is 5.69 Å². The van der Waals surface area contributed by atoms with E-state index in [9.17, 15) is 4.79 Å². The van der Waals surface area contributed by atoms with E-state index in [-0.39, 0.29) is 5.91 Å². The first-order valence-electron chi connectivity index (χ1n) is 12.2. The van der Waals surface area contributed by atoms with Gasteiger partial charge in [0.05, 0.1) is 0 Å². The molecule has 0 atom stereocenters. The molecule has 0 radical (unpaired) electrons. The van der Waals surface area contributed by atoms with Gasteiger partial charge in [0.25, 0.3) is 5.91 Å². The first-order chi connectivity index (χ1) is 17.4. The van der Waals surface area contributed by atoms with Crippen molar-refractivity contribution < 1.29 is 4.79 Å². The van der Waals surface area contributed by atoms with E-state index in [4.69, 9.17) is 11.6 Å². The van der Waals surface area contributed by atoms with Gasteiger partial charge in [-0.3, -0.25) is 4.79 Å². The predicted molar refractivity (Wildman–Crippen MR) is 154 cm³/mol. The van der Waals surface area contributed by atoms with E-state index in [1.807, 2.05) is 54.0 Å². The summed E-state index contributed by atoms with van der Waals surface area (Å²) in [5.41, 5.74) is 7.12. The number of amides is 1. The Morgan fingerprint density at radius 3 is 2.47 bits per heavy atom. The minimum absolute atomic E-state index is 0.0830. The smallest absolute Gasteiger partial charge is 0.268 e. The lowest BCUT2D eigenvalue weighted by molar-refractivity contribution is 0.0946. The molecular formula is C30H31BrClN3O. The predicted octanol–water partition coefficient (Wildman–Crippen LogP) is 7.49. The van der Waals surface area contributed by atoms with E-state index >= 15 is 0 Å². The lowest BCUT2D eigenvalue weighted by Crippen LogP contribution is -2.36. The fraction of sp³-hybridized carbons (Fsp3) is 0.233. The molecular weight excluding hydrogens is 534 g/mol. The number of aromatic nitrogens is 1. The maximum atomic E-state index is 13.7. The molecule has 0 aliphatic rings. The van der Waals surface area contributed by atoms with Gasteiger partial charge >= 0.3 is 0 Å². The van der Waals surface area contributed by atoms with Crippen LogP contribution in [0.1, 0.15) is 34.1 Å². The molecule has 0 unspecified atom stereocenters. The zero-order valence-electron chi connectivity index (χ0n) is 20.9. The Balaban J connectivity index is 1.61. The number of aryl methyl sites for hydroxylation is 2. The molecule has 36 heavy (non-hydrogen) atoms. The maximum absolute atomic E-state index is 13.7. The van der Waals surface area contributed by atoms with Crippen molar-refractivity contribution in [1.29, 1.82) is 0 Å². The second kappa shape index (κ2) is 11.8. The van der Waals surface area contributed by atoms with Crippen LogP contribution in [0.5, 0.6) is 0 Å². The Labute approximate surface area is 227 Å². The van der Waals surface area contributed by atoms with Crippen LogP contribution in [0.4, 0.5) is 5.69 Å². The van der Waals surface area contributed by atoms with Crippen molar-refractivity contribution >= 4 is 39.1 Å². The number of rotatable bonds is 9.